The summed E-state index contributed by atoms with van der Waals surface area (Å²) in [6.45, 7) is 5.16. The average Bonchev–Trinajstić information content (AvgIpc) is 2.78. The Morgan fingerprint density at radius 3 is 2.71 bits per heavy atom. The van der Waals surface area contributed by atoms with Crippen molar-refractivity contribution in [2.75, 3.05) is 6.54 Å². The molecule has 0 unspecified atom stereocenters. The SMILES string of the molecule is CC(C)(CN)Cc1nc(C2CCCCC2)cs1. The molecule has 2 rings (SSSR count). The van der Waals surface area contributed by atoms with E-state index in [9.17, 15) is 0 Å². The van der Waals surface area contributed by atoms with Crippen LogP contribution in [0.2, 0.25) is 0 Å². The molecule has 17 heavy (non-hydrogen) atoms. The summed E-state index contributed by atoms with van der Waals surface area (Å²) in [7, 11) is 0. The largest absolute Gasteiger partial charge is 0.330 e. The smallest absolute Gasteiger partial charge is 0.0934 e. The van der Waals surface area contributed by atoms with Crippen molar-refractivity contribution in [1.82, 2.24) is 4.98 Å². The summed E-state index contributed by atoms with van der Waals surface area (Å²) >= 11 is 1.82. The van der Waals surface area contributed by atoms with Gasteiger partial charge < -0.3 is 5.73 Å². The van der Waals surface area contributed by atoms with E-state index in [1.54, 1.807) is 0 Å². The summed E-state index contributed by atoms with van der Waals surface area (Å²) in [4.78, 5) is 4.83. The molecule has 96 valence electrons. The van der Waals surface area contributed by atoms with Crippen molar-refractivity contribution in [1.29, 1.82) is 0 Å². The lowest BCUT2D eigenvalue weighted by Gasteiger charge is -2.21. The van der Waals surface area contributed by atoms with Gasteiger partial charge in [0.05, 0.1) is 10.7 Å². The number of rotatable bonds is 4. The van der Waals surface area contributed by atoms with Crippen molar-refractivity contribution in [3.8, 4) is 0 Å². The molecule has 0 radical (unpaired) electrons. The van der Waals surface area contributed by atoms with Crippen molar-refractivity contribution in [2.45, 2.75) is 58.3 Å². The lowest BCUT2D eigenvalue weighted by atomic mass is 9.87. The Morgan fingerprint density at radius 1 is 1.35 bits per heavy atom. The second-order valence-electron chi connectivity index (χ2n) is 6.05. The quantitative estimate of drug-likeness (QED) is 0.887. The molecule has 1 aromatic heterocycles. The Hall–Kier alpha value is -0.410. The maximum absolute atomic E-state index is 5.78. The van der Waals surface area contributed by atoms with Crippen molar-refractivity contribution < 1.29 is 0 Å². The molecule has 1 aliphatic carbocycles. The summed E-state index contributed by atoms with van der Waals surface area (Å²) in [5.74, 6) is 0.731. The highest BCUT2D eigenvalue weighted by molar-refractivity contribution is 7.09. The summed E-state index contributed by atoms with van der Waals surface area (Å²) in [6.07, 6.45) is 7.86. The van der Waals surface area contributed by atoms with Gasteiger partial charge in [0, 0.05) is 17.7 Å². The monoisotopic (exact) mass is 252 g/mol. The molecule has 0 amide bonds. The van der Waals surface area contributed by atoms with Crippen LogP contribution in [0.5, 0.6) is 0 Å². The van der Waals surface area contributed by atoms with E-state index in [0.29, 0.717) is 0 Å². The van der Waals surface area contributed by atoms with E-state index in [2.05, 4.69) is 19.2 Å². The lowest BCUT2D eigenvalue weighted by molar-refractivity contribution is 0.375. The predicted molar refractivity (Wildman–Crippen MR) is 74.5 cm³/mol. The van der Waals surface area contributed by atoms with Gasteiger partial charge in [0.15, 0.2) is 0 Å². The second kappa shape index (κ2) is 5.49. The Bertz CT molecular complexity index is 351. The van der Waals surface area contributed by atoms with Crippen LogP contribution >= 0.6 is 11.3 Å². The van der Waals surface area contributed by atoms with E-state index in [0.717, 1.165) is 18.9 Å². The van der Waals surface area contributed by atoms with Gasteiger partial charge in [-0.05, 0) is 24.8 Å². The normalized spacial score (nSPS) is 18.5. The molecule has 1 fully saturated rings. The van der Waals surface area contributed by atoms with Crippen molar-refractivity contribution >= 4 is 11.3 Å². The molecule has 0 spiro atoms. The average molecular weight is 252 g/mol. The summed E-state index contributed by atoms with van der Waals surface area (Å²) in [5, 5.41) is 3.54. The van der Waals surface area contributed by atoms with Crippen LogP contribution in [0.1, 0.15) is 62.6 Å². The first-order valence-corrected chi connectivity index (χ1v) is 7.63. The van der Waals surface area contributed by atoms with Crippen LogP contribution in [0.3, 0.4) is 0 Å². The first-order chi connectivity index (χ1) is 8.11. The Balaban J connectivity index is 2.00. The van der Waals surface area contributed by atoms with Gasteiger partial charge >= 0.3 is 0 Å². The molecule has 2 N–H and O–H groups in total. The van der Waals surface area contributed by atoms with Gasteiger partial charge in [-0.2, -0.15) is 0 Å². The lowest BCUT2D eigenvalue weighted by Crippen LogP contribution is -2.25. The van der Waals surface area contributed by atoms with E-state index >= 15 is 0 Å². The minimum absolute atomic E-state index is 0.182. The van der Waals surface area contributed by atoms with E-state index in [4.69, 9.17) is 10.7 Å². The fraction of sp³-hybridized carbons (Fsp3) is 0.786. The highest BCUT2D eigenvalue weighted by Crippen LogP contribution is 2.34. The number of hydrogen-bond acceptors (Lipinski definition) is 3. The molecule has 1 aromatic rings. The summed E-state index contributed by atoms with van der Waals surface area (Å²) in [5.41, 5.74) is 7.31. The third kappa shape index (κ3) is 3.52. The highest BCUT2D eigenvalue weighted by atomic mass is 32.1. The molecule has 0 aromatic carbocycles. The number of thiazole rings is 1. The molecule has 1 aliphatic rings. The van der Waals surface area contributed by atoms with Crippen molar-refractivity contribution in [3.63, 3.8) is 0 Å². The third-order valence-corrected chi connectivity index (χ3v) is 4.64. The van der Waals surface area contributed by atoms with Gasteiger partial charge in [0.1, 0.15) is 0 Å². The molecule has 1 heterocycles. The molecule has 3 heteroatoms. The third-order valence-electron chi connectivity index (χ3n) is 3.78. The van der Waals surface area contributed by atoms with Crippen LogP contribution in [-0.2, 0) is 6.42 Å². The number of aromatic nitrogens is 1. The molecule has 2 nitrogen and oxygen atoms in total. The van der Waals surface area contributed by atoms with Crippen LogP contribution in [-0.4, -0.2) is 11.5 Å². The van der Waals surface area contributed by atoms with Crippen molar-refractivity contribution in [3.05, 3.63) is 16.1 Å². The first kappa shape index (κ1) is 13.0. The molecule has 0 aliphatic heterocycles. The van der Waals surface area contributed by atoms with E-state index in [-0.39, 0.29) is 5.41 Å². The van der Waals surface area contributed by atoms with Gasteiger partial charge in [0.2, 0.25) is 0 Å². The van der Waals surface area contributed by atoms with Gasteiger partial charge in [-0.1, -0.05) is 33.1 Å². The number of hydrogen-bond donors (Lipinski definition) is 1. The molecule has 0 saturated heterocycles. The standard InChI is InChI=1S/C14H24N2S/c1-14(2,10-15)8-13-16-12(9-17-13)11-6-4-3-5-7-11/h9,11H,3-8,10,15H2,1-2H3. The molecular weight excluding hydrogens is 228 g/mol. The zero-order valence-corrected chi connectivity index (χ0v) is 11.9. The van der Waals surface area contributed by atoms with Gasteiger partial charge in [-0.3, -0.25) is 0 Å². The number of nitrogens with zero attached hydrogens (tertiary/aromatic N) is 1. The highest BCUT2D eigenvalue weighted by Gasteiger charge is 2.21. The van der Waals surface area contributed by atoms with Crippen LogP contribution in [0.4, 0.5) is 0 Å². The molecular formula is C14H24N2S. The van der Waals surface area contributed by atoms with Crippen LogP contribution in [0, 0.1) is 5.41 Å². The summed E-state index contributed by atoms with van der Waals surface area (Å²) < 4.78 is 0. The summed E-state index contributed by atoms with van der Waals surface area (Å²) in [6, 6.07) is 0. The maximum atomic E-state index is 5.78. The predicted octanol–water partition coefficient (Wildman–Crippen LogP) is 3.72. The topological polar surface area (TPSA) is 38.9 Å². The van der Waals surface area contributed by atoms with Crippen LogP contribution in [0.25, 0.3) is 0 Å². The Morgan fingerprint density at radius 2 is 2.06 bits per heavy atom. The Labute approximate surface area is 109 Å². The van der Waals surface area contributed by atoms with E-state index < -0.39 is 0 Å². The minimum Gasteiger partial charge on any atom is -0.330 e. The zero-order valence-electron chi connectivity index (χ0n) is 11.0. The second-order valence-corrected chi connectivity index (χ2v) is 6.99. The van der Waals surface area contributed by atoms with Gasteiger partial charge in [-0.15, -0.1) is 11.3 Å². The fourth-order valence-electron chi connectivity index (χ4n) is 2.47. The fourth-order valence-corrected chi connectivity index (χ4v) is 3.61. The minimum atomic E-state index is 0.182. The molecule has 1 saturated carbocycles. The van der Waals surface area contributed by atoms with E-state index in [1.807, 2.05) is 11.3 Å². The van der Waals surface area contributed by atoms with Crippen molar-refractivity contribution in [2.24, 2.45) is 11.1 Å². The maximum Gasteiger partial charge on any atom is 0.0934 e. The van der Waals surface area contributed by atoms with Crippen LogP contribution in [0.15, 0.2) is 5.38 Å². The number of nitrogens with two attached hydrogens (primary N) is 1. The van der Waals surface area contributed by atoms with E-state index in [1.165, 1.54) is 42.8 Å². The molecule has 0 bridgehead atoms. The van der Waals surface area contributed by atoms with Crippen LogP contribution < -0.4 is 5.73 Å². The zero-order chi connectivity index (χ0) is 12.3. The van der Waals surface area contributed by atoms with Gasteiger partial charge in [0.25, 0.3) is 0 Å². The van der Waals surface area contributed by atoms with Gasteiger partial charge in [-0.25, -0.2) is 4.98 Å². The Kier molecular flexibility index (Phi) is 4.21. The first-order valence-electron chi connectivity index (χ1n) is 6.75. The molecule has 0 atom stereocenters.